The molecule has 1 aromatic heterocycles. The fourth-order valence-electron chi connectivity index (χ4n) is 3.40. The average Bonchev–Trinajstić information content (AvgIpc) is 2.80. The van der Waals surface area contributed by atoms with Gasteiger partial charge in [-0.3, -0.25) is 4.79 Å². The number of anilines is 2. The van der Waals surface area contributed by atoms with E-state index in [1.807, 2.05) is 0 Å². The number of nitrogens with zero attached hydrogens (tertiary/aromatic N) is 5. The van der Waals surface area contributed by atoms with Crippen molar-refractivity contribution in [2.24, 2.45) is 0 Å². The van der Waals surface area contributed by atoms with Crippen molar-refractivity contribution >= 4 is 39.6 Å². The fourth-order valence-corrected chi connectivity index (χ4v) is 3.75. The van der Waals surface area contributed by atoms with Gasteiger partial charge >= 0.3 is 43.4 Å². The van der Waals surface area contributed by atoms with Crippen molar-refractivity contribution in [2.75, 3.05) is 42.5 Å². The number of piperazine rings is 1. The number of carbonyl (C=O) groups is 2. The standard InChI is InChI=1S/C24H27BrF3N5O3.U/c1-23(2,3)36-22(35)33(19-7-4-6-18(25)14-19)9-5-8-20(34)31-10-12-32(13-11-31)21-29-15-17(16-30-21)24(26,27)28;/h4-6,14-16H,8-13H2,1-3H3;/q-2;+2. The van der Waals surface area contributed by atoms with Crippen LogP contribution >= 0.6 is 15.9 Å². The summed E-state index contributed by atoms with van der Waals surface area (Å²) in [5, 5.41) is 0. The molecule has 0 unspecified atom stereocenters. The second kappa shape index (κ2) is 13.3. The van der Waals surface area contributed by atoms with Crippen molar-refractivity contribution in [2.45, 2.75) is 39.0 Å². The van der Waals surface area contributed by atoms with Crippen LogP contribution < -0.4 is 9.80 Å². The van der Waals surface area contributed by atoms with Gasteiger partial charge < -0.3 is 25.9 Å². The van der Waals surface area contributed by atoms with E-state index in [0.717, 1.165) is 16.9 Å². The molecule has 2 heterocycles. The molecule has 1 saturated heterocycles. The van der Waals surface area contributed by atoms with E-state index in [1.54, 1.807) is 55.2 Å². The third-order valence-electron chi connectivity index (χ3n) is 5.16. The summed E-state index contributed by atoms with van der Waals surface area (Å²) >= 11 is 3.39. The zero-order valence-electron chi connectivity index (χ0n) is 20.7. The second-order valence-corrected chi connectivity index (χ2v) is 10.0. The van der Waals surface area contributed by atoms with Gasteiger partial charge in [0.15, 0.2) is 5.91 Å². The molecule has 0 bridgehead atoms. The molecule has 3 rings (SSSR count). The van der Waals surface area contributed by atoms with Crippen LogP contribution in [0.1, 0.15) is 32.8 Å². The second-order valence-electron chi connectivity index (χ2n) is 9.11. The maximum atomic E-state index is 12.8. The van der Waals surface area contributed by atoms with Crippen LogP contribution in [0.5, 0.6) is 0 Å². The van der Waals surface area contributed by atoms with E-state index in [9.17, 15) is 22.8 Å². The zero-order valence-corrected chi connectivity index (χ0v) is 26.4. The average molecular weight is 808 g/mol. The molecule has 1 aliphatic heterocycles. The SMILES string of the molecule is CC(C)(C)OC(=O)N(C[CH-]CC(=O)N1CCN(c2ncc(C(F)(F)F)cn2)CC1)c1[c-]ccc(Br)c1.[U+2]. The maximum absolute atomic E-state index is 12.8. The van der Waals surface area contributed by atoms with Gasteiger partial charge in [-0.05, 0) is 20.8 Å². The maximum Gasteiger partial charge on any atom is 2.00 e. The summed E-state index contributed by atoms with van der Waals surface area (Å²) in [5.41, 5.74) is -1.09. The number of ether oxygens (including phenoxy) is 1. The number of benzene rings is 1. The monoisotopic (exact) mass is 807 g/mol. The first-order valence-electron chi connectivity index (χ1n) is 11.2. The zero-order chi connectivity index (χ0) is 26.5. The number of carbonyl (C=O) groups excluding carboxylic acids is 2. The predicted molar refractivity (Wildman–Crippen MR) is 131 cm³/mol. The van der Waals surface area contributed by atoms with Crippen molar-refractivity contribution in [3.63, 3.8) is 0 Å². The van der Waals surface area contributed by atoms with Crippen LogP contribution in [0.15, 0.2) is 35.1 Å². The third kappa shape index (κ3) is 9.45. The molecule has 0 N–H and O–H groups in total. The van der Waals surface area contributed by atoms with Crippen LogP contribution in [-0.4, -0.2) is 65.2 Å². The van der Waals surface area contributed by atoms with Crippen molar-refractivity contribution in [3.8, 4) is 0 Å². The Balaban J connectivity index is 0.00000481. The van der Waals surface area contributed by atoms with Gasteiger partial charge in [0.2, 0.25) is 5.95 Å². The Labute approximate surface area is 246 Å². The van der Waals surface area contributed by atoms with E-state index in [-0.39, 0.29) is 55.9 Å². The summed E-state index contributed by atoms with van der Waals surface area (Å²) < 4.78 is 44.4. The van der Waals surface area contributed by atoms with E-state index in [2.05, 4.69) is 32.0 Å². The van der Waals surface area contributed by atoms with Crippen LogP contribution in [0.25, 0.3) is 0 Å². The minimum Gasteiger partial charge on any atom is -0.444 e. The Morgan fingerprint density at radius 2 is 1.78 bits per heavy atom. The van der Waals surface area contributed by atoms with Crippen LogP contribution in [0.2, 0.25) is 0 Å². The molecule has 1 fully saturated rings. The molecule has 0 radical (unpaired) electrons. The Morgan fingerprint density at radius 3 is 2.32 bits per heavy atom. The largest absolute Gasteiger partial charge is 2.00 e. The molecule has 198 valence electrons. The summed E-state index contributed by atoms with van der Waals surface area (Å²) in [6, 6.07) is 8.22. The van der Waals surface area contributed by atoms with Crippen LogP contribution in [0, 0.1) is 43.6 Å². The van der Waals surface area contributed by atoms with Crippen molar-refractivity contribution in [3.05, 3.63) is 53.1 Å². The molecule has 0 spiro atoms. The Morgan fingerprint density at radius 1 is 1.16 bits per heavy atom. The number of alkyl halides is 3. The van der Waals surface area contributed by atoms with E-state index in [0.29, 0.717) is 31.9 Å². The minimum atomic E-state index is -4.49. The number of halogens is 4. The van der Waals surface area contributed by atoms with Gasteiger partial charge in [-0.1, -0.05) is 39.1 Å². The molecule has 13 heteroatoms. The normalized spacial score (nSPS) is 14.1. The van der Waals surface area contributed by atoms with Crippen LogP contribution in [-0.2, 0) is 15.7 Å². The van der Waals surface area contributed by atoms with Gasteiger partial charge in [0.1, 0.15) is 5.60 Å². The van der Waals surface area contributed by atoms with Gasteiger partial charge in [-0.25, -0.2) is 14.8 Å². The minimum absolute atomic E-state index is 0. The Bertz CT molecular complexity index is 1060. The van der Waals surface area contributed by atoms with Gasteiger partial charge in [0, 0.05) is 38.6 Å². The van der Waals surface area contributed by atoms with Gasteiger partial charge in [-0.2, -0.15) is 31.4 Å². The third-order valence-corrected chi connectivity index (χ3v) is 5.66. The molecule has 37 heavy (non-hydrogen) atoms. The molecular formula is C24H27BrF3N5O3U. The quantitative estimate of drug-likeness (QED) is 0.393. The summed E-state index contributed by atoms with van der Waals surface area (Å²) in [5.74, 6) is 0.0743. The van der Waals surface area contributed by atoms with Crippen molar-refractivity contribution < 1.29 is 58.6 Å². The van der Waals surface area contributed by atoms with Crippen LogP contribution in [0.3, 0.4) is 0 Å². The molecule has 0 aliphatic carbocycles. The van der Waals surface area contributed by atoms with Crippen molar-refractivity contribution in [1.82, 2.24) is 14.9 Å². The smallest absolute Gasteiger partial charge is 0.444 e. The summed E-state index contributed by atoms with van der Waals surface area (Å²) in [6.45, 7) is 7.02. The van der Waals surface area contributed by atoms with Crippen molar-refractivity contribution in [1.29, 1.82) is 0 Å². The first-order chi connectivity index (χ1) is 16.8. The summed E-state index contributed by atoms with van der Waals surface area (Å²) in [4.78, 5) is 37.9. The first kappa shape index (κ1) is 31.4. The fraction of sp³-hybridized carbons (Fsp3) is 0.458. The predicted octanol–water partition coefficient (Wildman–Crippen LogP) is 4.74. The summed E-state index contributed by atoms with van der Waals surface area (Å²) in [7, 11) is 0. The van der Waals surface area contributed by atoms with E-state index in [1.165, 1.54) is 4.90 Å². The molecule has 8 nitrogen and oxygen atoms in total. The number of hydrogen-bond acceptors (Lipinski definition) is 6. The van der Waals surface area contributed by atoms with Crippen LogP contribution in [0.4, 0.5) is 29.6 Å². The molecule has 2 aromatic rings. The van der Waals surface area contributed by atoms with Gasteiger partial charge in [0.25, 0.3) is 0 Å². The number of aromatic nitrogens is 2. The molecule has 1 aromatic carbocycles. The Kier molecular flexibility index (Phi) is 11.3. The van der Waals surface area contributed by atoms with Gasteiger partial charge in [0.05, 0.1) is 5.56 Å². The number of amides is 2. The number of hydrogen-bond donors (Lipinski definition) is 0. The first-order valence-corrected chi connectivity index (χ1v) is 12.0. The molecule has 0 saturated carbocycles. The van der Waals surface area contributed by atoms with Gasteiger partial charge in [-0.15, -0.1) is 6.07 Å². The molecular weight excluding hydrogens is 781 g/mol. The molecule has 1 aliphatic rings. The molecule has 2 amide bonds. The Hall–Kier alpha value is -1.84. The topological polar surface area (TPSA) is 78.9 Å². The van der Waals surface area contributed by atoms with E-state index in [4.69, 9.17) is 4.74 Å². The number of rotatable bonds is 6. The molecule has 0 atom stereocenters. The van der Waals surface area contributed by atoms with E-state index >= 15 is 0 Å². The summed E-state index contributed by atoms with van der Waals surface area (Å²) in [6.07, 6.45) is -1.72. The van der Waals surface area contributed by atoms with E-state index < -0.39 is 23.4 Å².